The van der Waals surface area contributed by atoms with Crippen molar-refractivity contribution in [2.45, 2.75) is 65.5 Å². The number of phenolic OH excluding ortho intramolecular Hbond substituents is 1. The van der Waals surface area contributed by atoms with E-state index in [0.29, 0.717) is 76.9 Å². The number of rotatable bonds is 22. The first-order valence-corrected chi connectivity index (χ1v) is 24.2. The standard InChI is InChI=1S/C34H37N7O6.C20H27N5O4/c1-22-29(30(42)41-28(31(43)46-3)21-36-33(44)39-25-14-6-4-7-15-25)23(2)38-32(37-22)35-19-11-13-24-12-10-18-27(20-24)47-34(45)40-26-16-8-5-9-17-26;1-12-17(18(27)25-16(11-21)19(28)29-3)13(2)24-20(23-12)22-9-5-7-14-6-4-8-15(26)10-14/h4-10,12,14-18,20,28H,11,13,19,21H2,1-3H3,(H,40,45)(H,41,42)(H,35,37,38)(H2,36,39,44);4,6,8,10,16,26H,5,7,9,11,21H2,1-3H3,(H,25,27)(H,22,23,24)/t28-;16-/m00/s1. The van der Waals surface area contributed by atoms with Crippen LogP contribution in [0.2, 0.25) is 0 Å². The van der Waals surface area contributed by atoms with Crippen LogP contribution < -0.4 is 47.7 Å². The van der Waals surface area contributed by atoms with Crippen LogP contribution in [0.4, 0.5) is 32.9 Å². The highest BCUT2D eigenvalue weighted by atomic mass is 16.6. The number of urea groups is 1. The third kappa shape index (κ3) is 18.4. The average molecular weight is 1040 g/mol. The zero-order chi connectivity index (χ0) is 55.0. The summed E-state index contributed by atoms with van der Waals surface area (Å²) in [4.78, 5) is 91.8. The van der Waals surface area contributed by atoms with Gasteiger partial charge >= 0.3 is 24.1 Å². The molecule has 400 valence electrons. The molecule has 0 saturated carbocycles. The zero-order valence-electron chi connectivity index (χ0n) is 43.2. The van der Waals surface area contributed by atoms with Crippen LogP contribution in [0.5, 0.6) is 11.5 Å². The van der Waals surface area contributed by atoms with Gasteiger partial charge in [0.1, 0.15) is 23.6 Å². The van der Waals surface area contributed by atoms with Gasteiger partial charge in [0, 0.05) is 31.0 Å². The largest absolute Gasteiger partial charge is 0.508 e. The number of aromatic hydroxyl groups is 1. The average Bonchev–Trinajstić information content (AvgIpc) is 3.39. The topological polar surface area (TPSA) is 312 Å². The van der Waals surface area contributed by atoms with Crippen LogP contribution in [0, 0.1) is 27.7 Å². The first kappa shape index (κ1) is 57.7. The minimum Gasteiger partial charge on any atom is -0.508 e. The van der Waals surface area contributed by atoms with Gasteiger partial charge in [0.25, 0.3) is 11.8 Å². The Hall–Kier alpha value is -9.18. The van der Waals surface area contributed by atoms with Gasteiger partial charge in [0.05, 0.1) is 54.7 Å². The number of nitrogens with zero attached hydrogens (tertiary/aromatic N) is 4. The highest BCUT2D eigenvalue weighted by Crippen LogP contribution is 2.19. The Morgan fingerprint density at radius 2 is 1.04 bits per heavy atom. The molecule has 22 nitrogen and oxygen atoms in total. The summed E-state index contributed by atoms with van der Waals surface area (Å²) in [7, 11) is 2.43. The molecule has 22 heteroatoms. The molecule has 0 unspecified atom stereocenters. The molecule has 0 aliphatic heterocycles. The molecule has 0 aliphatic carbocycles. The van der Waals surface area contributed by atoms with Gasteiger partial charge in [-0.1, -0.05) is 60.7 Å². The molecule has 6 rings (SSSR count). The Balaban J connectivity index is 0.000000315. The first-order valence-electron chi connectivity index (χ1n) is 24.2. The molecule has 0 fully saturated rings. The Morgan fingerprint density at radius 1 is 0.579 bits per heavy atom. The van der Waals surface area contributed by atoms with Gasteiger partial charge in [0.2, 0.25) is 11.9 Å². The number of phenols is 1. The summed E-state index contributed by atoms with van der Waals surface area (Å²) in [6.07, 6.45) is 2.49. The minimum absolute atomic E-state index is 0.0732. The monoisotopic (exact) mass is 1040 g/mol. The van der Waals surface area contributed by atoms with Crippen molar-refractivity contribution < 1.29 is 48.1 Å². The fourth-order valence-corrected chi connectivity index (χ4v) is 7.53. The maximum Gasteiger partial charge on any atom is 0.417 e. The molecule has 0 saturated heterocycles. The number of carbonyl (C=O) groups is 6. The number of nitrogens with one attached hydrogen (secondary N) is 7. The van der Waals surface area contributed by atoms with Gasteiger partial charge in [-0.05, 0) is 113 Å². The summed E-state index contributed by atoms with van der Waals surface area (Å²) < 4.78 is 14.9. The van der Waals surface area contributed by atoms with Gasteiger partial charge in [-0.2, -0.15) is 0 Å². The second-order valence-corrected chi connectivity index (χ2v) is 17.0. The number of para-hydroxylation sites is 2. The molecule has 10 N–H and O–H groups in total. The molecule has 2 heterocycles. The molecular formula is C54H64N12O10. The van der Waals surface area contributed by atoms with Crippen molar-refractivity contribution >= 4 is 59.1 Å². The van der Waals surface area contributed by atoms with E-state index in [2.05, 4.69) is 61.9 Å². The number of carbonyl (C=O) groups excluding carboxylic acids is 6. The van der Waals surface area contributed by atoms with Gasteiger partial charge < -0.3 is 57.0 Å². The van der Waals surface area contributed by atoms with Crippen LogP contribution in [-0.2, 0) is 31.9 Å². The van der Waals surface area contributed by atoms with Crippen LogP contribution in [0.1, 0.15) is 67.5 Å². The van der Waals surface area contributed by atoms with Crippen molar-refractivity contribution in [3.8, 4) is 11.5 Å². The van der Waals surface area contributed by atoms with Crippen molar-refractivity contribution in [3.63, 3.8) is 0 Å². The minimum atomic E-state index is -1.15. The molecule has 5 amide bonds. The van der Waals surface area contributed by atoms with Crippen molar-refractivity contribution in [2.24, 2.45) is 5.73 Å². The molecule has 2 aromatic heterocycles. The second-order valence-electron chi connectivity index (χ2n) is 17.0. The van der Waals surface area contributed by atoms with Crippen LogP contribution in [0.3, 0.4) is 0 Å². The van der Waals surface area contributed by atoms with E-state index in [1.165, 1.54) is 14.2 Å². The maximum atomic E-state index is 13.2. The number of amides is 5. The summed E-state index contributed by atoms with van der Waals surface area (Å²) in [6.45, 7) is 7.67. The molecule has 0 spiro atoms. The lowest BCUT2D eigenvalue weighted by Gasteiger charge is -2.19. The molecule has 4 aromatic carbocycles. The van der Waals surface area contributed by atoms with Gasteiger partial charge in [-0.3, -0.25) is 14.9 Å². The van der Waals surface area contributed by atoms with Crippen LogP contribution >= 0.6 is 0 Å². The van der Waals surface area contributed by atoms with Gasteiger partial charge in [-0.25, -0.2) is 39.1 Å². The number of aromatic nitrogens is 4. The Bertz CT molecular complexity index is 2880. The van der Waals surface area contributed by atoms with Crippen molar-refractivity contribution in [1.82, 2.24) is 35.9 Å². The third-order valence-electron chi connectivity index (χ3n) is 11.2. The van der Waals surface area contributed by atoms with Gasteiger partial charge in [-0.15, -0.1) is 0 Å². The number of nitrogens with two attached hydrogens (primary N) is 1. The number of hydrogen-bond donors (Lipinski definition) is 9. The Kier molecular flexibility index (Phi) is 22.4. The summed E-state index contributed by atoms with van der Waals surface area (Å²) in [5.41, 5.74) is 11.1. The second kappa shape index (κ2) is 29.5. The quantitative estimate of drug-likeness (QED) is 0.0282. The molecular weight excluding hydrogens is 977 g/mol. The normalized spacial score (nSPS) is 11.2. The van der Waals surface area contributed by atoms with Crippen LogP contribution in [-0.4, -0.2) is 113 Å². The van der Waals surface area contributed by atoms with E-state index in [1.54, 1.807) is 82.3 Å². The lowest BCUT2D eigenvalue weighted by atomic mass is 10.1. The number of anilines is 4. The number of aryl methyl sites for hydroxylation is 6. The SMILES string of the molecule is COC(=O)[C@H](CN)NC(=O)c1c(C)nc(NCCCc2cccc(O)c2)nc1C.COC(=O)[C@H](CNC(=O)Nc1ccccc1)NC(=O)c1c(C)nc(NCCCc2cccc(OC(=O)Nc3ccccc3)c2)nc1C. The molecule has 0 bridgehead atoms. The number of ether oxygens (including phenoxy) is 3. The van der Waals surface area contributed by atoms with E-state index < -0.39 is 48.0 Å². The Morgan fingerprint density at radius 3 is 1.53 bits per heavy atom. The number of esters is 2. The predicted octanol–water partition coefficient (Wildman–Crippen LogP) is 5.92. The molecule has 76 heavy (non-hydrogen) atoms. The van der Waals surface area contributed by atoms with E-state index in [-0.39, 0.29) is 24.4 Å². The van der Waals surface area contributed by atoms with E-state index in [0.717, 1.165) is 30.4 Å². The van der Waals surface area contributed by atoms with Crippen LogP contribution in [0.15, 0.2) is 109 Å². The molecule has 2 atom stereocenters. The van der Waals surface area contributed by atoms with E-state index in [1.807, 2.05) is 54.6 Å². The number of benzene rings is 4. The zero-order valence-corrected chi connectivity index (χ0v) is 43.2. The van der Waals surface area contributed by atoms with Crippen LogP contribution in [0.25, 0.3) is 0 Å². The first-order chi connectivity index (χ1) is 36.6. The van der Waals surface area contributed by atoms with Crippen molar-refractivity contribution in [3.05, 3.63) is 154 Å². The van der Waals surface area contributed by atoms with Crippen molar-refractivity contribution in [2.75, 3.05) is 61.7 Å². The molecule has 0 aliphatic rings. The summed E-state index contributed by atoms with van der Waals surface area (Å²) in [6, 6.07) is 29.7. The third-order valence-corrected chi connectivity index (χ3v) is 11.2. The fourth-order valence-electron chi connectivity index (χ4n) is 7.53. The lowest BCUT2D eigenvalue weighted by molar-refractivity contribution is -0.143. The fraction of sp³-hybridized carbons (Fsp3) is 0.296. The highest BCUT2D eigenvalue weighted by Gasteiger charge is 2.26. The Labute approximate surface area is 440 Å². The highest BCUT2D eigenvalue weighted by molar-refractivity contribution is 5.99. The number of hydrogen-bond acceptors (Lipinski definition) is 17. The molecule has 6 aromatic rings. The summed E-state index contributed by atoms with van der Waals surface area (Å²) >= 11 is 0. The van der Waals surface area contributed by atoms with E-state index >= 15 is 0 Å². The lowest BCUT2D eigenvalue weighted by Crippen LogP contribution is -2.50. The summed E-state index contributed by atoms with van der Waals surface area (Å²) in [5.74, 6) is -0.910. The number of methoxy groups -OCH3 is 2. The summed E-state index contributed by atoms with van der Waals surface area (Å²) in [5, 5.41) is 28.9. The smallest absolute Gasteiger partial charge is 0.417 e. The van der Waals surface area contributed by atoms with E-state index in [9.17, 15) is 33.9 Å². The van der Waals surface area contributed by atoms with Gasteiger partial charge in [0.15, 0.2) is 0 Å². The molecule has 0 radical (unpaired) electrons. The maximum absolute atomic E-state index is 13.2. The predicted molar refractivity (Wildman–Crippen MR) is 286 cm³/mol. The van der Waals surface area contributed by atoms with E-state index in [4.69, 9.17) is 15.2 Å². The van der Waals surface area contributed by atoms with Crippen molar-refractivity contribution in [1.29, 1.82) is 0 Å².